The number of rotatable bonds is 2. The lowest BCUT2D eigenvalue weighted by Crippen LogP contribution is -2.14. The monoisotopic (exact) mass is 258 g/mol. The van der Waals surface area contributed by atoms with Gasteiger partial charge < -0.3 is 10.2 Å². The van der Waals surface area contributed by atoms with Gasteiger partial charge in [-0.15, -0.1) is 0 Å². The summed E-state index contributed by atoms with van der Waals surface area (Å²) in [4.78, 5) is 2.14. The molecule has 1 fully saturated rings. The summed E-state index contributed by atoms with van der Waals surface area (Å²) in [5, 5.41) is 2.80. The summed E-state index contributed by atoms with van der Waals surface area (Å²) in [6.07, 6.45) is -3.37. The molecule has 0 aliphatic carbocycles. The van der Waals surface area contributed by atoms with Crippen molar-refractivity contribution >= 4 is 5.69 Å². The Morgan fingerprint density at radius 1 is 1.28 bits per heavy atom. The van der Waals surface area contributed by atoms with Gasteiger partial charge in [0, 0.05) is 19.3 Å². The van der Waals surface area contributed by atoms with Gasteiger partial charge in [0.2, 0.25) is 0 Å². The minimum Gasteiger partial charge on any atom is -0.388 e. The Balaban J connectivity index is 2.35. The Labute approximate surface area is 105 Å². The molecular formula is C13H17F3N2. The standard InChI is InChI=1S/C13H17F3N2/c1-17-12-6-10(9-3-4-18(2)8-9)5-11(7-12)13(14,15)16/h5-7,9,17H,3-4,8H2,1-2H3. The van der Waals surface area contributed by atoms with E-state index in [2.05, 4.69) is 10.2 Å². The maximum Gasteiger partial charge on any atom is 0.416 e. The van der Waals surface area contributed by atoms with Crippen molar-refractivity contribution in [3.8, 4) is 0 Å². The van der Waals surface area contributed by atoms with Crippen LogP contribution in [0.2, 0.25) is 0 Å². The molecule has 0 saturated carbocycles. The van der Waals surface area contributed by atoms with Crippen LogP contribution >= 0.6 is 0 Å². The second kappa shape index (κ2) is 4.80. The van der Waals surface area contributed by atoms with Gasteiger partial charge in [0.05, 0.1) is 5.56 Å². The molecule has 0 spiro atoms. The topological polar surface area (TPSA) is 15.3 Å². The largest absolute Gasteiger partial charge is 0.416 e. The minimum absolute atomic E-state index is 0.199. The van der Waals surface area contributed by atoms with E-state index in [4.69, 9.17) is 0 Å². The lowest BCUT2D eigenvalue weighted by molar-refractivity contribution is -0.137. The van der Waals surface area contributed by atoms with E-state index >= 15 is 0 Å². The number of halogens is 3. The fraction of sp³-hybridized carbons (Fsp3) is 0.538. The highest BCUT2D eigenvalue weighted by molar-refractivity contribution is 5.50. The van der Waals surface area contributed by atoms with Gasteiger partial charge in [-0.05, 0) is 49.7 Å². The Hall–Kier alpha value is -1.23. The van der Waals surface area contributed by atoms with Gasteiger partial charge >= 0.3 is 6.18 Å². The van der Waals surface area contributed by atoms with Gasteiger partial charge in [-0.1, -0.05) is 0 Å². The second-order valence-corrected chi connectivity index (χ2v) is 4.84. The van der Waals surface area contributed by atoms with Crippen molar-refractivity contribution in [1.29, 1.82) is 0 Å². The molecule has 1 saturated heterocycles. The zero-order valence-electron chi connectivity index (χ0n) is 10.5. The number of benzene rings is 1. The summed E-state index contributed by atoms with van der Waals surface area (Å²) >= 11 is 0. The number of hydrogen-bond donors (Lipinski definition) is 1. The molecule has 1 heterocycles. The van der Waals surface area contributed by atoms with Crippen molar-refractivity contribution < 1.29 is 13.2 Å². The lowest BCUT2D eigenvalue weighted by Gasteiger charge is -2.16. The molecule has 2 nitrogen and oxygen atoms in total. The van der Waals surface area contributed by atoms with Crippen molar-refractivity contribution in [2.45, 2.75) is 18.5 Å². The number of likely N-dealkylation sites (N-methyl/N-ethyl adjacent to an activating group) is 1. The van der Waals surface area contributed by atoms with Crippen LogP contribution in [0.4, 0.5) is 18.9 Å². The van der Waals surface area contributed by atoms with Gasteiger partial charge in [0.25, 0.3) is 0 Å². The van der Waals surface area contributed by atoms with E-state index in [1.807, 2.05) is 13.1 Å². The highest BCUT2D eigenvalue weighted by Gasteiger charge is 2.32. The SMILES string of the molecule is CNc1cc(C2CCN(C)C2)cc(C(F)(F)F)c1. The normalized spacial score (nSPS) is 21.3. The highest BCUT2D eigenvalue weighted by Crippen LogP contribution is 2.35. The Bertz CT molecular complexity index is 429. The van der Waals surface area contributed by atoms with E-state index in [9.17, 15) is 13.2 Å². The average Bonchev–Trinajstić information content (AvgIpc) is 2.74. The molecule has 2 rings (SSSR count). The first-order valence-corrected chi connectivity index (χ1v) is 5.98. The first-order chi connectivity index (χ1) is 8.40. The fourth-order valence-electron chi connectivity index (χ4n) is 2.40. The predicted octanol–water partition coefficient (Wildman–Crippen LogP) is 3.17. The van der Waals surface area contributed by atoms with Crippen LogP contribution in [0.5, 0.6) is 0 Å². The summed E-state index contributed by atoms with van der Waals surface area (Å²) in [5.74, 6) is 0.199. The molecule has 100 valence electrons. The lowest BCUT2D eigenvalue weighted by atomic mass is 9.95. The molecule has 0 bridgehead atoms. The summed E-state index contributed by atoms with van der Waals surface area (Å²) in [6.45, 7) is 1.76. The van der Waals surface area contributed by atoms with Crippen molar-refractivity contribution in [2.75, 3.05) is 32.5 Å². The number of likely N-dealkylation sites (tertiary alicyclic amines) is 1. The van der Waals surface area contributed by atoms with Gasteiger partial charge in [-0.2, -0.15) is 13.2 Å². The van der Waals surface area contributed by atoms with Gasteiger partial charge in [0.1, 0.15) is 0 Å². The molecule has 5 heteroatoms. The Morgan fingerprint density at radius 3 is 2.50 bits per heavy atom. The first-order valence-electron chi connectivity index (χ1n) is 5.98. The molecule has 1 aromatic rings. The minimum atomic E-state index is -4.29. The molecule has 1 aromatic carbocycles. The van der Waals surface area contributed by atoms with E-state index in [1.165, 1.54) is 6.07 Å². The maximum absolute atomic E-state index is 12.8. The van der Waals surface area contributed by atoms with E-state index in [-0.39, 0.29) is 5.92 Å². The zero-order chi connectivity index (χ0) is 13.3. The van der Waals surface area contributed by atoms with Crippen LogP contribution in [0.25, 0.3) is 0 Å². The third-order valence-electron chi connectivity index (χ3n) is 3.43. The van der Waals surface area contributed by atoms with Crippen LogP contribution < -0.4 is 5.32 Å². The van der Waals surface area contributed by atoms with Crippen LogP contribution in [0, 0.1) is 0 Å². The smallest absolute Gasteiger partial charge is 0.388 e. The fourth-order valence-corrected chi connectivity index (χ4v) is 2.40. The molecule has 1 N–H and O–H groups in total. The summed E-state index contributed by atoms with van der Waals surface area (Å²) in [5.41, 5.74) is 0.729. The Morgan fingerprint density at radius 2 is 2.00 bits per heavy atom. The Kier molecular flexibility index (Phi) is 3.52. The van der Waals surface area contributed by atoms with Crippen molar-refractivity contribution in [2.24, 2.45) is 0 Å². The molecule has 18 heavy (non-hydrogen) atoms. The number of nitrogens with zero attached hydrogens (tertiary/aromatic N) is 1. The van der Waals surface area contributed by atoms with Gasteiger partial charge in [0.15, 0.2) is 0 Å². The third-order valence-corrected chi connectivity index (χ3v) is 3.43. The maximum atomic E-state index is 12.8. The highest BCUT2D eigenvalue weighted by atomic mass is 19.4. The van der Waals surface area contributed by atoms with E-state index in [1.54, 1.807) is 7.05 Å². The van der Waals surface area contributed by atoms with Gasteiger partial charge in [-0.3, -0.25) is 0 Å². The zero-order valence-corrected chi connectivity index (χ0v) is 10.5. The molecule has 0 aromatic heterocycles. The molecule has 1 aliphatic heterocycles. The molecule has 1 unspecified atom stereocenters. The third kappa shape index (κ3) is 2.77. The van der Waals surface area contributed by atoms with Crippen LogP contribution in [0.15, 0.2) is 18.2 Å². The predicted molar refractivity (Wildman–Crippen MR) is 65.8 cm³/mol. The average molecular weight is 258 g/mol. The van der Waals surface area contributed by atoms with E-state index in [0.29, 0.717) is 5.69 Å². The summed E-state index contributed by atoms with van der Waals surface area (Å²) < 4.78 is 38.4. The number of anilines is 1. The van der Waals surface area contributed by atoms with Crippen molar-refractivity contribution in [1.82, 2.24) is 4.90 Å². The molecule has 0 amide bonds. The van der Waals surface area contributed by atoms with Crippen LogP contribution in [0.1, 0.15) is 23.5 Å². The molecule has 0 radical (unpaired) electrons. The van der Waals surface area contributed by atoms with Crippen LogP contribution in [0.3, 0.4) is 0 Å². The van der Waals surface area contributed by atoms with E-state index in [0.717, 1.165) is 31.1 Å². The summed E-state index contributed by atoms with van der Waals surface area (Å²) in [7, 11) is 3.63. The molecule has 1 atom stereocenters. The molecule has 1 aliphatic rings. The van der Waals surface area contributed by atoms with Crippen LogP contribution in [-0.2, 0) is 6.18 Å². The van der Waals surface area contributed by atoms with Crippen molar-refractivity contribution in [3.63, 3.8) is 0 Å². The van der Waals surface area contributed by atoms with Gasteiger partial charge in [-0.25, -0.2) is 0 Å². The summed E-state index contributed by atoms with van der Waals surface area (Å²) in [6, 6.07) is 4.26. The first kappa shape index (κ1) is 13.2. The number of hydrogen-bond acceptors (Lipinski definition) is 2. The number of alkyl halides is 3. The molecular weight excluding hydrogens is 241 g/mol. The second-order valence-electron chi connectivity index (χ2n) is 4.84. The number of nitrogens with one attached hydrogen (secondary N) is 1. The van der Waals surface area contributed by atoms with E-state index < -0.39 is 11.7 Å². The van der Waals surface area contributed by atoms with Crippen molar-refractivity contribution in [3.05, 3.63) is 29.3 Å². The van der Waals surface area contributed by atoms with Crippen LogP contribution in [-0.4, -0.2) is 32.1 Å². The quantitative estimate of drug-likeness (QED) is 0.876.